The molecule has 2 heterocycles. The van der Waals surface area contributed by atoms with Crippen LogP contribution in [0.5, 0.6) is 11.6 Å². The van der Waals surface area contributed by atoms with Gasteiger partial charge in [-0.3, -0.25) is 4.90 Å². The molecule has 1 aliphatic heterocycles. The second kappa shape index (κ2) is 7.51. The number of aryl methyl sites for hydroxylation is 1. The number of halogens is 1. The van der Waals surface area contributed by atoms with Crippen molar-refractivity contribution in [1.29, 1.82) is 0 Å². The van der Waals surface area contributed by atoms with Crippen LogP contribution in [0.1, 0.15) is 31.0 Å². The van der Waals surface area contributed by atoms with E-state index < -0.39 is 0 Å². The number of ether oxygens (including phenoxy) is 1. The zero-order chi connectivity index (χ0) is 17.1. The number of nitrogens with zero attached hydrogens (tertiary/aromatic N) is 2. The van der Waals surface area contributed by atoms with Crippen molar-refractivity contribution in [1.82, 2.24) is 15.2 Å². The lowest BCUT2D eigenvalue weighted by atomic mass is 10.1. The molecule has 1 aliphatic rings. The van der Waals surface area contributed by atoms with Gasteiger partial charge in [0.25, 0.3) is 0 Å². The molecule has 0 bridgehead atoms. The van der Waals surface area contributed by atoms with E-state index in [1.807, 2.05) is 37.4 Å². The van der Waals surface area contributed by atoms with Crippen molar-refractivity contribution in [3.05, 3.63) is 52.7 Å². The Morgan fingerprint density at radius 3 is 2.79 bits per heavy atom. The Morgan fingerprint density at radius 2 is 2.12 bits per heavy atom. The summed E-state index contributed by atoms with van der Waals surface area (Å²) in [5.41, 5.74) is 2.19. The molecule has 3 rings (SSSR count). The van der Waals surface area contributed by atoms with Gasteiger partial charge in [0.15, 0.2) is 0 Å². The molecule has 24 heavy (non-hydrogen) atoms. The van der Waals surface area contributed by atoms with Crippen LogP contribution >= 0.6 is 11.6 Å². The minimum absolute atomic E-state index is 0.320. The Labute approximate surface area is 148 Å². The molecule has 4 nitrogen and oxygen atoms in total. The SMILES string of the molecule is Cc1cc(Oc2ccc(C3CN(C(C)C)CCN3)cn2)ccc1Cl. The van der Waals surface area contributed by atoms with Crippen molar-refractivity contribution in [2.24, 2.45) is 0 Å². The Kier molecular flexibility index (Phi) is 5.39. The molecule has 0 spiro atoms. The van der Waals surface area contributed by atoms with Gasteiger partial charge >= 0.3 is 0 Å². The monoisotopic (exact) mass is 345 g/mol. The third-order valence-electron chi connectivity index (χ3n) is 4.45. The van der Waals surface area contributed by atoms with Crippen LogP contribution in [-0.2, 0) is 0 Å². The lowest BCUT2D eigenvalue weighted by Gasteiger charge is -2.36. The normalized spacial score (nSPS) is 18.8. The molecule has 1 unspecified atom stereocenters. The highest BCUT2D eigenvalue weighted by molar-refractivity contribution is 6.31. The van der Waals surface area contributed by atoms with E-state index in [9.17, 15) is 0 Å². The summed E-state index contributed by atoms with van der Waals surface area (Å²) in [6.07, 6.45) is 1.90. The molecule has 1 aromatic heterocycles. The van der Waals surface area contributed by atoms with Gasteiger partial charge in [0.05, 0.1) is 0 Å². The fourth-order valence-electron chi connectivity index (χ4n) is 2.92. The van der Waals surface area contributed by atoms with E-state index in [-0.39, 0.29) is 0 Å². The number of aromatic nitrogens is 1. The highest BCUT2D eigenvalue weighted by Crippen LogP contribution is 2.26. The number of benzene rings is 1. The quantitative estimate of drug-likeness (QED) is 0.901. The number of pyridine rings is 1. The maximum Gasteiger partial charge on any atom is 0.219 e. The Bertz CT molecular complexity index is 688. The Hall–Kier alpha value is -1.62. The van der Waals surface area contributed by atoms with Crippen LogP contribution in [0.2, 0.25) is 5.02 Å². The molecule has 1 atom stereocenters. The van der Waals surface area contributed by atoms with Gasteiger partial charge in [0.1, 0.15) is 5.75 Å². The molecule has 128 valence electrons. The topological polar surface area (TPSA) is 37.4 Å². The number of nitrogens with one attached hydrogen (secondary N) is 1. The van der Waals surface area contributed by atoms with Crippen molar-refractivity contribution >= 4 is 11.6 Å². The number of piperazine rings is 1. The molecule has 1 N–H and O–H groups in total. The van der Waals surface area contributed by atoms with Crippen LogP contribution < -0.4 is 10.1 Å². The van der Waals surface area contributed by atoms with Gasteiger partial charge in [-0.25, -0.2) is 4.98 Å². The van der Waals surface area contributed by atoms with E-state index >= 15 is 0 Å². The molecule has 2 aromatic rings. The van der Waals surface area contributed by atoms with Crippen LogP contribution in [0.25, 0.3) is 0 Å². The third-order valence-corrected chi connectivity index (χ3v) is 4.87. The largest absolute Gasteiger partial charge is 0.439 e. The van der Waals surface area contributed by atoms with E-state index in [4.69, 9.17) is 16.3 Å². The van der Waals surface area contributed by atoms with Crippen LogP contribution in [0.4, 0.5) is 0 Å². The lowest BCUT2D eigenvalue weighted by Crippen LogP contribution is -2.48. The first-order valence-electron chi connectivity index (χ1n) is 8.40. The highest BCUT2D eigenvalue weighted by atomic mass is 35.5. The first-order valence-corrected chi connectivity index (χ1v) is 8.78. The zero-order valence-corrected chi connectivity index (χ0v) is 15.2. The molecular weight excluding hydrogens is 322 g/mol. The fourth-order valence-corrected chi connectivity index (χ4v) is 3.04. The molecule has 5 heteroatoms. The van der Waals surface area contributed by atoms with Gasteiger partial charge in [-0.05, 0) is 50.1 Å². The fraction of sp³-hybridized carbons (Fsp3) is 0.421. The number of hydrogen-bond acceptors (Lipinski definition) is 4. The number of hydrogen-bond donors (Lipinski definition) is 1. The summed E-state index contributed by atoms with van der Waals surface area (Å²) in [6.45, 7) is 9.55. The summed E-state index contributed by atoms with van der Waals surface area (Å²) >= 11 is 6.04. The second-order valence-corrected chi connectivity index (χ2v) is 6.95. The molecule has 0 radical (unpaired) electrons. The van der Waals surface area contributed by atoms with Crippen molar-refractivity contribution in [2.75, 3.05) is 19.6 Å². The minimum atomic E-state index is 0.320. The Balaban J connectivity index is 1.67. The summed E-state index contributed by atoms with van der Waals surface area (Å²) < 4.78 is 5.82. The van der Waals surface area contributed by atoms with E-state index in [2.05, 4.69) is 35.1 Å². The van der Waals surface area contributed by atoms with E-state index in [0.717, 1.165) is 36.0 Å². The molecule has 0 amide bonds. The first kappa shape index (κ1) is 17.2. The molecule has 1 aromatic carbocycles. The smallest absolute Gasteiger partial charge is 0.219 e. The molecule has 0 saturated carbocycles. The van der Waals surface area contributed by atoms with E-state index in [0.29, 0.717) is 18.0 Å². The summed E-state index contributed by atoms with van der Waals surface area (Å²) in [5.74, 6) is 1.34. The van der Waals surface area contributed by atoms with Crippen LogP contribution in [0.3, 0.4) is 0 Å². The van der Waals surface area contributed by atoms with Gasteiger partial charge < -0.3 is 10.1 Å². The van der Waals surface area contributed by atoms with Crippen molar-refractivity contribution < 1.29 is 4.74 Å². The molecule has 1 fully saturated rings. The highest BCUT2D eigenvalue weighted by Gasteiger charge is 2.22. The van der Waals surface area contributed by atoms with Gasteiger partial charge in [0.2, 0.25) is 5.88 Å². The molecular formula is C19H24ClN3O. The maximum absolute atomic E-state index is 6.04. The average molecular weight is 346 g/mol. The summed E-state index contributed by atoms with van der Waals surface area (Å²) in [7, 11) is 0. The van der Waals surface area contributed by atoms with E-state index in [1.165, 1.54) is 5.56 Å². The first-order chi connectivity index (χ1) is 11.5. The third kappa shape index (κ3) is 4.07. The average Bonchev–Trinajstić information content (AvgIpc) is 2.59. The van der Waals surface area contributed by atoms with Crippen LogP contribution in [0.15, 0.2) is 36.5 Å². The number of rotatable bonds is 4. The van der Waals surface area contributed by atoms with Crippen molar-refractivity contribution in [2.45, 2.75) is 32.9 Å². The summed E-state index contributed by atoms with van der Waals surface area (Å²) in [4.78, 5) is 6.95. The molecule has 0 aliphatic carbocycles. The zero-order valence-electron chi connectivity index (χ0n) is 14.4. The van der Waals surface area contributed by atoms with Gasteiger partial charge in [-0.1, -0.05) is 17.7 Å². The second-order valence-electron chi connectivity index (χ2n) is 6.54. The predicted octanol–water partition coefficient (Wildman–Crippen LogP) is 4.19. The van der Waals surface area contributed by atoms with Gasteiger partial charge in [0, 0.05) is 49.0 Å². The standard InChI is InChI=1S/C19H24ClN3O/c1-13(2)23-9-8-21-18(12-23)15-4-7-19(22-11-15)24-16-5-6-17(20)14(3)10-16/h4-7,10-11,13,18,21H,8-9,12H2,1-3H3. The maximum atomic E-state index is 6.04. The summed E-state index contributed by atoms with van der Waals surface area (Å²) in [5, 5.41) is 4.31. The van der Waals surface area contributed by atoms with Crippen molar-refractivity contribution in [3.8, 4) is 11.6 Å². The van der Waals surface area contributed by atoms with Crippen molar-refractivity contribution in [3.63, 3.8) is 0 Å². The predicted molar refractivity (Wildman–Crippen MR) is 98.0 cm³/mol. The lowest BCUT2D eigenvalue weighted by molar-refractivity contribution is 0.162. The van der Waals surface area contributed by atoms with Gasteiger partial charge in [-0.15, -0.1) is 0 Å². The molecule has 1 saturated heterocycles. The van der Waals surface area contributed by atoms with Gasteiger partial charge in [-0.2, -0.15) is 0 Å². The van der Waals surface area contributed by atoms with E-state index in [1.54, 1.807) is 0 Å². The Morgan fingerprint density at radius 1 is 1.29 bits per heavy atom. The van der Waals surface area contributed by atoms with Crippen LogP contribution in [0, 0.1) is 6.92 Å². The minimum Gasteiger partial charge on any atom is -0.439 e. The van der Waals surface area contributed by atoms with Crippen LogP contribution in [-0.4, -0.2) is 35.6 Å². The summed E-state index contributed by atoms with van der Waals surface area (Å²) in [6, 6.07) is 10.5.